The van der Waals surface area contributed by atoms with E-state index in [0.29, 0.717) is 18.9 Å². The number of likely N-dealkylation sites (N-methyl/N-ethyl adjacent to an activating group) is 1. The molecule has 1 aliphatic carbocycles. The van der Waals surface area contributed by atoms with Gasteiger partial charge in [-0.25, -0.2) is 4.79 Å². The van der Waals surface area contributed by atoms with Crippen LogP contribution >= 0.6 is 0 Å². The normalized spacial score (nSPS) is 32.4. The van der Waals surface area contributed by atoms with Crippen molar-refractivity contribution in [2.24, 2.45) is 0 Å². The number of piperidine rings is 2. The Hall–Kier alpha value is -1.63. The predicted molar refractivity (Wildman–Crippen MR) is 84.7 cm³/mol. The van der Waals surface area contributed by atoms with Crippen molar-refractivity contribution < 1.29 is 14.4 Å². The van der Waals surface area contributed by atoms with Crippen molar-refractivity contribution in [2.45, 2.75) is 63.1 Å². The molecule has 23 heavy (non-hydrogen) atoms. The van der Waals surface area contributed by atoms with Crippen LogP contribution in [-0.4, -0.2) is 65.9 Å². The van der Waals surface area contributed by atoms with Gasteiger partial charge in [-0.2, -0.15) is 0 Å². The van der Waals surface area contributed by atoms with E-state index in [4.69, 9.17) is 0 Å². The lowest BCUT2D eigenvalue weighted by molar-refractivity contribution is -0.147. The number of carbonyl (C=O) groups is 3. The summed E-state index contributed by atoms with van der Waals surface area (Å²) in [5.41, 5.74) is 0. The highest BCUT2D eigenvalue weighted by Gasteiger charge is 2.36. The van der Waals surface area contributed by atoms with Crippen molar-refractivity contribution in [1.29, 1.82) is 0 Å². The number of imide groups is 1. The number of nitrogens with one attached hydrogen (secondary N) is 2. The molecule has 3 fully saturated rings. The number of likely N-dealkylation sites (tertiary alicyclic amines) is 2. The minimum Gasteiger partial charge on any atom is -0.335 e. The number of hydrogen-bond donors (Lipinski definition) is 2. The summed E-state index contributed by atoms with van der Waals surface area (Å²) in [6, 6.07) is -0.0930. The molecule has 0 aromatic carbocycles. The van der Waals surface area contributed by atoms with E-state index in [0.717, 1.165) is 17.7 Å². The average molecular weight is 322 g/mol. The van der Waals surface area contributed by atoms with E-state index in [-0.39, 0.29) is 23.9 Å². The quantitative estimate of drug-likeness (QED) is 0.739. The fraction of sp³-hybridized carbons (Fsp3) is 0.812. The largest absolute Gasteiger partial charge is 0.335 e. The maximum Gasteiger partial charge on any atom is 0.315 e. The van der Waals surface area contributed by atoms with Crippen molar-refractivity contribution >= 4 is 17.8 Å². The van der Waals surface area contributed by atoms with Crippen LogP contribution in [0.1, 0.15) is 44.9 Å². The maximum absolute atomic E-state index is 12.0. The minimum absolute atomic E-state index is 0.183. The van der Waals surface area contributed by atoms with Gasteiger partial charge in [0, 0.05) is 25.6 Å². The summed E-state index contributed by atoms with van der Waals surface area (Å²) in [6.45, 7) is 2.36. The highest BCUT2D eigenvalue weighted by molar-refractivity contribution is 6.01. The first-order valence-corrected chi connectivity index (χ1v) is 8.66. The van der Waals surface area contributed by atoms with Crippen LogP contribution in [0.15, 0.2) is 0 Å². The van der Waals surface area contributed by atoms with Gasteiger partial charge in [0.25, 0.3) is 5.91 Å². The maximum atomic E-state index is 12.0. The molecule has 2 saturated heterocycles. The molecule has 0 aromatic rings. The van der Waals surface area contributed by atoms with Crippen LogP contribution in [-0.2, 0) is 9.59 Å². The standard InChI is InChI=1S/C16H26N4O3/c1-19-14(21)6-5-13(15(19)22)18-16(23)17-11-9-12(10-11)20-7-3-2-4-8-20/h11-13H,2-10H2,1H3,(H2,17,18,23). The van der Waals surface area contributed by atoms with Crippen molar-refractivity contribution in [1.82, 2.24) is 20.4 Å². The van der Waals surface area contributed by atoms with E-state index in [1.807, 2.05) is 0 Å². The zero-order valence-electron chi connectivity index (χ0n) is 13.7. The molecule has 1 saturated carbocycles. The van der Waals surface area contributed by atoms with Gasteiger partial charge in [0.15, 0.2) is 0 Å². The summed E-state index contributed by atoms with van der Waals surface area (Å²) < 4.78 is 0. The van der Waals surface area contributed by atoms with Gasteiger partial charge in [0.1, 0.15) is 6.04 Å². The first kappa shape index (κ1) is 16.2. The summed E-state index contributed by atoms with van der Waals surface area (Å²) in [5, 5.41) is 5.65. The van der Waals surface area contributed by atoms with E-state index in [2.05, 4.69) is 15.5 Å². The second-order valence-corrected chi connectivity index (χ2v) is 6.92. The molecule has 3 rings (SSSR count). The van der Waals surface area contributed by atoms with Gasteiger partial charge in [0.05, 0.1) is 0 Å². The molecule has 0 bridgehead atoms. The molecule has 128 valence electrons. The van der Waals surface area contributed by atoms with Crippen LogP contribution in [0.3, 0.4) is 0 Å². The Morgan fingerprint density at radius 2 is 1.78 bits per heavy atom. The molecule has 0 radical (unpaired) electrons. The first-order chi connectivity index (χ1) is 11.0. The summed E-state index contributed by atoms with van der Waals surface area (Å²) in [7, 11) is 1.46. The van der Waals surface area contributed by atoms with E-state index in [1.54, 1.807) is 0 Å². The molecule has 3 aliphatic rings. The van der Waals surface area contributed by atoms with Crippen LogP contribution in [0.4, 0.5) is 4.79 Å². The highest BCUT2D eigenvalue weighted by atomic mass is 16.2. The molecule has 7 heteroatoms. The number of nitrogens with zero attached hydrogens (tertiary/aromatic N) is 2. The van der Waals surface area contributed by atoms with Gasteiger partial charge in [0.2, 0.25) is 5.91 Å². The lowest BCUT2D eigenvalue weighted by Crippen LogP contribution is -2.59. The first-order valence-electron chi connectivity index (χ1n) is 8.66. The molecule has 0 aromatic heterocycles. The van der Waals surface area contributed by atoms with Gasteiger partial charge in [-0.1, -0.05) is 6.42 Å². The van der Waals surface area contributed by atoms with Gasteiger partial charge in [-0.05, 0) is 45.2 Å². The molecular formula is C16H26N4O3. The molecule has 2 heterocycles. The molecule has 1 unspecified atom stereocenters. The molecule has 7 nitrogen and oxygen atoms in total. The number of hydrogen-bond acceptors (Lipinski definition) is 4. The molecule has 4 amide bonds. The third kappa shape index (κ3) is 3.65. The van der Waals surface area contributed by atoms with Crippen molar-refractivity contribution in [2.75, 3.05) is 20.1 Å². The predicted octanol–water partition coefficient (Wildman–Crippen LogP) is 0.450. The zero-order chi connectivity index (χ0) is 16.4. The highest BCUT2D eigenvalue weighted by Crippen LogP contribution is 2.28. The van der Waals surface area contributed by atoms with Crippen LogP contribution in [0.25, 0.3) is 0 Å². The SMILES string of the molecule is CN1C(=O)CCC(NC(=O)NC2CC(N3CCCCC3)C2)C1=O. The monoisotopic (exact) mass is 322 g/mol. The van der Waals surface area contributed by atoms with Crippen molar-refractivity contribution in [3.8, 4) is 0 Å². The van der Waals surface area contributed by atoms with E-state index in [9.17, 15) is 14.4 Å². The second kappa shape index (κ2) is 6.86. The Balaban J connectivity index is 1.39. The van der Waals surface area contributed by atoms with Gasteiger partial charge >= 0.3 is 6.03 Å². The molecule has 2 aliphatic heterocycles. The average Bonchev–Trinajstić information content (AvgIpc) is 2.52. The Morgan fingerprint density at radius 3 is 2.48 bits per heavy atom. The van der Waals surface area contributed by atoms with Gasteiger partial charge in [-0.3, -0.25) is 14.5 Å². The van der Waals surface area contributed by atoms with Crippen molar-refractivity contribution in [3.63, 3.8) is 0 Å². The summed E-state index contributed by atoms with van der Waals surface area (Å²) in [6.07, 6.45) is 6.56. The minimum atomic E-state index is -0.587. The second-order valence-electron chi connectivity index (χ2n) is 6.92. The number of rotatable bonds is 3. The fourth-order valence-electron chi connectivity index (χ4n) is 3.72. The van der Waals surface area contributed by atoms with Gasteiger partial charge in [-0.15, -0.1) is 0 Å². The van der Waals surface area contributed by atoms with E-state index < -0.39 is 6.04 Å². The fourth-order valence-corrected chi connectivity index (χ4v) is 3.72. The number of carbonyl (C=O) groups excluding carboxylic acids is 3. The molecule has 2 N–H and O–H groups in total. The third-order valence-electron chi connectivity index (χ3n) is 5.31. The van der Waals surface area contributed by atoms with Crippen LogP contribution in [0.5, 0.6) is 0 Å². The number of amides is 4. The summed E-state index contributed by atoms with van der Waals surface area (Å²) in [5.74, 6) is -0.506. The van der Waals surface area contributed by atoms with E-state index in [1.165, 1.54) is 39.4 Å². The van der Waals surface area contributed by atoms with Crippen LogP contribution in [0, 0.1) is 0 Å². The van der Waals surface area contributed by atoms with Crippen LogP contribution in [0.2, 0.25) is 0 Å². The zero-order valence-corrected chi connectivity index (χ0v) is 13.7. The smallest absolute Gasteiger partial charge is 0.315 e. The Bertz CT molecular complexity index is 484. The van der Waals surface area contributed by atoms with Gasteiger partial charge < -0.3 is 15.5 Å². The Labute approximate surface area is 136 Å². The Morgan fingerprint density at radius 1 is 1.09 bits per heavy atom. The molecule has 0 spiro atoms. The lowest BCUT2D eigenvalue weighted by Gasteiger charge is -2.44. The Kier molecular flexibility index (Phi) is 4.84. The third-order valence-corrected chi connectivity index (χ3v) is 5.31. The lowest BCUT2D eigenvalue weighted by atomic mass is 9.84. The summed E-state index contributed by atoms with van der Waals surface area (Å²) >= 11 is 0. The molecular weight excluding hydrogens is 296 g/mol. The molecule has 1 atom stereocenters. The summed E-state index contributed by atoms with van der Waals surface area (Å²) in [4.78, 5) is 39.1. The van der Waals surface area contributed by atoms with E-state index >= 15 is 0 Å². The number of urea groups is 1. The topological polar surface area (TPSA) is 81.8 Å². The van der Waals surface area contributed by atoms with Crippen molar-refractivity contribution in [3.05, 3.63) is 0 Å². The van der Waals surface area contributed by atoms with Crippen LogP contribution < -0.4 is 10.6 Å².